The van der Waals surface area contributed by atoms with Gasteiger partial charge in [-0.1, -0.05) is 23.2 Å². The van der Waals surface area contributed by atoms with Crippen LogP contribution in [0.1, 0.15) is 48.6 Å². The van der Waals surface area contributed by atoms with Crippen LogP contribution in [-0.2, 0) is 16.1 Å². The first-order valence-corrected chi connectivity index (χ1v) is 9.55. The van der Waals surface area contributed by atoms with Gasteiger partial charge in [-0.15, -0.1) is 0 Å². The standard InChI is InChI=1S/C19H23Cl2N3O3/c1-5-23(18(25)16-8-12(4)22-24(16)6-2)17(19(26)27-7-3)13-9-14(20)11-15(21)10-13/h8-11,17H,5-7H2,1-4H3/t17-/m0/s1. The van der Waals surface area contributed by atoms with Gasteiger partial charge < -0.3 is 9.64 Å². The summed E-state index contributed by atoms with van der Waals surface area (Å²) in [6.45, 7) is 8.27. The number of esters is 1. The molecule has 6 nitrogen and oxygen atoms in total. The van der Waals surface area contributed by atoms with E-state index >= 15 is 0 Å². The third-order valence-electron chi connectivity index (χ3n) is 4.04. The van der Waals surface area contributed by atoms with Crippen molar-refractivity contribution in [3.63, 3.8) is 0 Å². The van der Waals surface area contributed by atoms with Crippen LogP contribution in [-0.4, -0.2) is 39.7 Å². The molecule has 1 amide bonds. The lowest BCUT2D eigenvalue weighted by atomic mass is 10.0. The van der Waals surface area contributed by atoms with Gasteiger partial charge in [0.2, 0.25) is 0 Å². The Labute approximate surface area is 169 Å². The lowest BCUT2D eigenvalue weighted by molar-refractivity contribution is -0.148. The number of rotatable bonds is 7. The minimum Gasteiger partial charge on any atom is -0.464 e. The number of carbonyl (C=O) groups excluding carboxylic acids is 2. The molecule has 0 unspecified atom stereocenters. The molecule has 2 aromatic rings. The van der Waals surface area contributed by atoms with E-state index in [2.05, 4.69) is 5.10 Å². The molecule has 1 aromatic carbocycles. The molecule has 0 radical (unpaired) electrons. The van der Waals surface area contributed by atoms with E-state index in [1.807, 2.05) is 13.8 Å². The minimum absolute atomic E-state index is 0.196. The quantitative estimate of drug-likeness (QED) is 0.637. The predicted octanol–water partition coefficient (Wildman–Crippen LogP) is 4.28. The zero-order valence-electron chi connectivity index (χ0n) is 15.8. The highest BCUT2D eigenvalue weighted by atomic mass is 35.5. The molecule has 1 atom stereocenters. The maximum atomic E-state index is 13.3. The summed E-state index contributed by atoms with van der Waals surface area (Å²) in [5.74, 6) is -0.848. The lowest BCUT2D eigenvalue weighted by Crippen LogP contribution is -2.40. The molecule has 0 saturated carbocycles. The maximum Gasteiger partial charge on any atom is 0.333 e. The van der Waals surface area contributed by atoms with Crippen molar-refractivity contribution in [1.29, 1.82) is 0 Å². The first-order valence-electron chi connectivity index (χ1n) is 8.80. The van der Waals surface area contributed by atoms with Crippen LogP contribution in [0.2, 0.25) is 10.0 Å². The Hall–Kier alpha value is -2.05. The molecule has 0 spiro atoms. The van der Waals surface area contributed by atoms with Crippen LogP contribution < -0.4 is 0 Å². The van der Waals surface area contributed by atoms with E-state index in [4.69, 9.17) is 27.9 Å². The number of aromatic nitrogens is 2. The zero-order valence-corrected chi connectivity index (χ0v) is 17.3. The van der Waals surface area contributed by atoms with Crippen molar-refractivity contribution < 1.29 is 14.3 Å². The summed E-state index contributed by atoms with van der Waals surface area (Å²) in [5, 5.41) is 5.08. The lowest BCUT2D eigenvalue weighted by Gasteiger charge is -2.29. The Kier molecular flexibility index (Phi) is 7.27. The normalized spacial score (nSPS) is 11.9. The predicted molar refractivity (Wildman–Crippen MR) is 105 cm³/mol. The van der Waals surface area contributed by atoms with Gasteiger partial charge in [0.25, 0.3) is 5.91 Å². The van der Waals surface area contributed by atoms with Gasteiger partial charge in [-0.25, -0.2) is 4.79 Å². The highest BCUT2D eigenvalue weighted by Crippen LogP contribution is 2.29. The van der Waals surface area contributed by atoms with Gasteiger partial charge in [0, 0.05) is 23.1 Å². The van der Waals surface area contributed by atoms with Crippen molar-refractivity contribution in [3.8, 4) is 0 Å². The van der Waals surface area contributed by atoms with Crippen molar-refractivity contribution in [2.24, 2.45) is 0 Å². The second-order valence-corrected chi connectivity index (χ2v) is 6.81. The molecule has 0 aliphatic rings. The summed E-state index contributed by atoms with van der Waals surface area (Å²) in [6.07, 6.45) is 0. The zero-order chi connectivity index (χ0) is 20.1. The second-order valence-electron chi connectivity index (χ2n) is 5.94. The van der Waals surface area contributed by atoms with Crippen molar-refractivity contribution >= 4 is 35.1 Å². The first kappa shape index (κ1) is 21.3. The Bertz CT molecular complexity index is 815. The Morgan fingerprint density at radius 1 is 1.15 bits per heavy atom. The van der Waals surface area contributed by atoms with Gasteiger partial charge in [-0.3, -0.25) is 9.48 Å². The molecule has 2 rings (SSSR count). The summed E-state index contributed by atoms with van der Waals surface area (Å²) in [4.78, 5) is 27.4. The number of likely N-dealkylation sites (N-methyl/N-ethyl adjacent to an activating group) is 1. The van der Waals surface area contributed by atoms with Gasteiger partial charge in [0.1, 0.15) is 5.69 Å². The van der Waals surface area contributed by atoms with Crippen molar-refractivity contribution in [3.05, 3.63) is 51.3 Å². The van der Waals surface area contributed by atoms with Gasteiger partial charge in [0.15, 0.2) is 6.04 Å². The summed E-state index contributed by atoms with van der Waals surface area (Å²) >= 11 is 12.2. The summed E-state index contributed by atoms with van der Waals surface area (Å²) < 4.78 is 6.85. The molecule has 0 fully saturated rings. The Morgan fingerprint density at radius 2 is 1.78 bits per heavy atom. The molecular weight excluding hydrogens is 389 g/mol. The van der Waals surface area contributed by atoms with Gasteiger partial charge >= 0.3 is 5.97 Å². The number of aryl methyl sites for hydroxylation is 2. The Balaban J connectivity index is 2.53. The van der Waals surface area contributed by atoms with E-state index in [0.29, 0.717) is 34.4 Å². The number of nitrogens with zero attached hydrogens (tertiary/aromatic N) is 3. The second kappa shape index (κ2) is 9.24. The average molecular weight is 412 g/mol. The number of ether oxygens (including phenoxy) is 1. The molecule has 0 N–H and O–H groups in total. The molecular formula is C19H23Cl2N3O3. The monoisotopic (exact) mass is 411 g/mol. The number of hydrogen-bond acceptors (Lipinski definition) is 4. The van der Waals surface area contributed by atoms with Crippen molar-refractivity contribution in [2.45, 2.75) is 40.3 Å². The van der Waals surface area contributed by atoms with Crippen LogP contribution in [0.25, 0.3) is 0 Å². The average Bonchev–Trinajstić information content (AvgIpc) is 2.99. The molecule has 146 valence electrons. The van der Waals surface area contributed by atoms with E-state index in [0.717, 1.165) is 5.69 Å². The Morgan fingerprint density at radius 3 is 2.30 bits per heavy atom. The number of carbonyl (C=O) groups is 2. The molecule has 27 heavy (non-hydrogen) atoms. The highest BCUT2D eigenvalue weighted by molar-refractivity contribution is 6.34. The van der Waals surface area contributed by atoms with E-state index in [1.165, 1.54) is 4.90 Å². The number of halogens is 2. The highest BCUT2D eigenvalue weighted by Gasteiger charge is 2.34. The molecule has 0 saturated heterocycles. The molecule has 8 heteroatoms. The summed E-state index contributed by atoms with van der Waals surface area (Å²) in [6, 6.07) is 5.56. The van der Waals surface area contributed by atoms with E-state index < -0.39 is 12.0 Å². The van der Waals surface area contributed by atoms with Crippen LogP contribution >= 0.6 is 23.2 Å². The third kappa shape index (κ3) is 4.82. The van der Waals surface area contributed by atoms with Gasteiger partial charge in [-0.2, -0.15) is 5.10 Å². The fourth-order valence-electron chi connectivity index (χ4n) is 2.95. The minimum atomic E-state index is -0.959. The van der Waals surface area contributed by atoms with Crippen LogP contribution in [0.4, 0.5) is 0 Å². The fraction of sp³-hybridized carbons (Fsp3) is 0.421. The summed E-state index contributed by atoms with van der Waals surface area (Å²) in [7, 11) is 0. The third-order valence-corrected chi connectivity index (χ3v) is 4.48. The molecule has 0 bridgehead atoms. The molecule has 1 aromatic heterocycles. The van der Waals surface area contributed by atoms with Crippen molar-refractivity contribution in [1.82, 2.24) is 14.7 Å². The first-order chi connectivity index (χ1) is 12.8. The molecule has 1 heterocycles. The van der Waals surface area contributed by atoms with E-state index in [9.17, 15) is 9.59 Å². The van der Waals surface area contributed by atoms with Gasteiger partial charge in [0.05, 0.1) is 12.3 Å². The number of hydrogen-bond donors (Lipinski definition) is 0. The van der Waals surface area contributed by atoms with Gasteiger partial charge in [-0.05, 0) is 57.5 Å². The SMILES string of the molecule is CCOC(=O)[C@H](c1cc(Cl)cc(Cl)c1)N(CC)C(=O)c1cc(C)nn1CC. The topological polar surface area (TPSA) is 64.4 Å². The maximum absolute atomic E-state index is 13.3. The van der Waals surface area contributed by atoms with Crippen LogP contribution in [0, 0.1) is 6.92 Å². The van der Waals surface area contributed by atoms with E-state index in [1.54, 1.807) is 42.8 Å². The van der Waals surface area contributed by atoms with Crippen molar-refractivity contribution in [2.75, 3.05) is 13.2 Å². The summed E-state index contributed by atoms with van der Waals surface area (Å²) in [5.41, 5.74) is 1.65. The van der Waals surface area contributed by atoms with Crippen LogP contribution in [0.3, 0.4) is 0 Å². The number of benzene rings is 1. The smallest absolute Gasteiger partial charge is 0.333 e. The molecule has 0 aliphatic carbocycles. The van der Waals surface area contributed by atoms with E-state index in [-0.39, 0.29) is 12.5 Å². The van der Waals surface area contributed by atoms with Crippen LogP contribution in [0.5, 0.6) is 0 Å². The molecule has 0 aliphatic heterocycles. The number of amides is 1. The largest absolute Gasteiger partial charge is 0.464 e. The van der Waals surface area contributed by atoms with Crippen LogP contribution in [0.15, 0.2) is 24.3 Å². The fourth-order valence-corrected chi connectivity index (χ4v) is 3.49.